The van der Waals surface area contributed by atoms with E-state index in [1.54, 1.807) is 31.3 Å². The van der Waals surface area contributed by atoms with Gasteiger partial charge >= 0.3 is 12.1 Å². The van der Waals surface area contributed by atoms with Crippen molar-refractivity contribution in [3.63, 3.8) is 0 Å². The number of carboxylic acids is 1. The van der Waals surface area contributed by atoms with Crippen molar-refractivity contribution in [1.29, 1.82) is 0 Å². The Labute approximate surface area is 313 Å². The van der Waals surface area contributed by atoms with Gasteiger partial charge in [-0.3, -0.25) is 14.5 Å². The molecule has 1 amide bonds. The number of amides is 1. The standard InChI is InChI=1S/C41H51F4N3O6/c1-53-22-29-19-47(20-33(29)32-8-5-30(41(43,44)45)15-35(32)46-11-9-26(10-12-46)37(49)50)38(51)40(42)23-48(21-34(40)25-3-6-31(54-2)7-4-25)36-27-13-24-14-28(36)18-39(52,16-24)17-27/h3-8,15,24,26-29,33-34,36,52H,9-14,16-23H2,1-2H3,(H,49,50)/t24-,27-,28+,29-,33+,34+,36-,39-,40+/m1/s1. The van der Waals surface area contributed by atoms with E-state index in [1.807, 2.05) is 17.0 Å². The van der Waals surface area contributed by atoms with Gasteiger partial charge in [0.15, 0.2) is 0 Å². The van der Waals surface area contributed by atoms with E-state index in [0.29, 0.717) is 60.7 Å². The van der Waals surface area contributed by atoms with Gasteiger partial charge in [0, 0.05) is 75.9 Å². The Bertz CT molecular complexity index is 1720. The van der Waals surface area contributed by atoms with Crippen LogP contribution in [-0.4, -0.2) is 109 Å². The Morgan fingerprint density at radius 1 is 0.944 bits per heavy atom. The number of hydrogen-bond donors (Lipinski definition) is 2. The lowest BCUT2D eigenvalue weighted by molar-refractivity contribution is -0.160. The van der Waals surface area contributed by atoms with Gasteiger partial charge in [0.05, 0.1) is 30.8 Å². The molecule has 294 valence electrons. The zero-order valence-corrected chi connectivity index (χ0v) is 30.9. The average Bonchev–Trinajstić information content (AvgIpc) is 3.71. The molecular weight excluding hydrogens is 706 g/mol. The number of carboxylic acid groups (broad SMARTS) is 1. The maximum absolute atomic E-state index is 18.2. The summed E-state index contributed by atoms with van der Waals surface area (Å²) in [6, 6.07) is 11.0. The van der Waals surface area contributed by atoms with Crippen LogP contribution in [-0.2, 0) is 20.5 Å². The second kappa shape index (κ2) is 14.0. The Balaban J connectivity index is 1.10. The number of piperidine rings is 1. The van der Waals surface area contributed by atoms with Crippen LogP contribution in [0.1, 0.15) is 73.5 Å². The lowest BCUT2D eigenvalue weighted by Gasteiger charge is -2.60. The zero-order chi connectivity index (χ0) is 38.2. The molecule has 4 saturated carbocycles. The molecule has 9 atom stereocenters. The summed E-state index contributed by atoms with van der Waals surface area (Å²) in [7, 11) is 3.11. The van der Waals surface area contributed by atoms with Crippen LogP contribution < -0.4 is 9.64 Å². The van der Waals surface area contributed by atoms with E-state index in [-0.39, 0.29) is 63.1 Å². The number of likely N-dealkylation sites (tertiary alicyclic amines) is 2. The fraction of sp³-hybridized carbons (Fsp3) is 0.659. The van der Waals surface area contributed by atoms with Crippen LogP contribution in [0.3, 0.4) is 0 Å². The van der Waals surface area contributed by atoms with Crippen LogP contribution in [0.2, 0.25) is 0 Å². The molecule has 9 nitrogen and oxygen atoms in total. The molecule has 13 heteroatoms. The summed E-state index contributed by atoms with van der Waals surface area (Å²) < 4.78 is 71.4. The molecule has 9 rings (SSSR count). The van der Waals surface area contributed by atoms with Crippen molar-refractivity contribution in [2.75, 3.05) is 65.0 Å². The third kappa shape index (κ3) is 6.65. The van der Waals surface area contributed by atoms with Crippen LogP contribution in [0.15, 0.2) is 42.5 Å². The first-order chi connectivity index (χ1) is 25.7. The largest absolute Gasteiger partial charge is 0.497 e. The Morgan fingerprint density at radius 2 is 1.63 bits per heavy atom. The number of methoxy groups -OCH3 is 2. The fourth-order valence-corrected chi connectivity index (χ4v) is 11.8. The van der Waals surface area contributed by atoms with Gasteiger partial charge in [-0.05, 0) is 98.1 Å². The van der Waals surface area contributed by atoms with Crippen LogP contribution >= 0.6 is 0 Å². The van der Waals surface area contributed by atoms with E-state index >= 15 is 4.39 Å². The van der Waals surface area contributed by atoms with E-state index in [1.165, 1.54) is 6.07 Å². The highest BCUT2D eigenvalue weighted by molar-refractivity contribution is 5.88. The molecule has 2 aromatic rings. The Morgan fingerprint density at radius 3 is 2.22 bits per heavy atom. The van der Waals surface area contributed by atoms with Crippen molar-refractivity contribution in [3.05, 3.63) is 59.2 Å². The third-order valence-corrected chi connectivity index (χ3v) is 13.9. The molecule has 2 aromatic carbocycles. The number of anilines is 1. The highest BCUT2D eigenvalue weighted by Gasteiger charge is 2.62. The number of rotatable bonds is 9. The number of nitrogens with zero attached hydrogens (tertiary/aromatic N) is 3. The van der Waals surface area contributed by atoms with Gasteiger partial charge in [0.1, 0.15) is 5.75 Å². The summed E-state index contributed by atoms with van der Waals surface area (Å²) >= 11 is 0. The molecule has 4 bridgehead atoms. The summed E-state index contributed by atoms with van der Waals surface area (Å²) in [5.41, 5.74) is -2.02. The third-order valence-electron chi connectivity index (χ3n) is 13.9. The Kier molecular flexibility index (Phi) is 9.69. The highest BCUT2D eigenvalue weighted by Crippen LogP contribution is 2.58. The van der Waals surface area contributed by atoms with Crippen LogP contribution in [0.4, 0.5) is 23.2 Å². The average molecular weight is 758 g/mol. The van der Waals surface area contributed by atoms with Crippen molar-refractivity contribution in [1.82, 2.24) is 9.80 Å². The minimum absolute atomic E-state index is 0.0660. The summed E-state index contributed by atoms with van der Waals surface area (Å²) in [6.07, 6.45) is 0.293. The number of alkyl halides is 4. The molecule has 3 heterocycles. The second-order valence-corrected chi connectivity index (χ2v) is 17.2. The molecule has 0 unspecified atom stereocenters. The van der Waals surface area contributed by atoms with Crippen LogP contribution in [0, 0.1) is 29.6 Å². The molecule has 0 radical (unpaired) electrons. The first kappa shape index (κ1) is 37.5. The van der Waals surface area contributed by atoms with Crippen molar-refractivity contribution in [3.8, 4) is 5.75 Å². The number of benzene rings is 2. The molecule has 3 saturated heterocycles. The molecule has 0 aromatic heterocycles. The minimum Gasteiger partial charge on any atom is -0.497 e. The number of ether oxygens (including phenoxy) is 2. The van der Waals surface area contributed by atoms with Crippen molar-refractivity contribution >= 4 is 17.6 Å². The van der Waals surface area contributed by atoms with Gasteiger partial charge in [-0.25, -0.2) is 4.39 Å². The number of hydrogen-bond acceptors (Lipinski definition) is 7. The molecule has 0 spiro atoms. The van der Waals surface area contributed by atoms with Gasteiger partial charge in [-0.15, -0.1) is 0 Å². The van der Waals surface area contributed by atoms with Crippen molar-refractivity contribution < 1.29 is 46.8 Å². The van der Waals surface area contributed by atoms with E-state index in [2.05, 4.69) is 4.90 Å². The van der Waals surface area contributed by atoms with Gasteiger partial charge in [-0.2, -0.15) is 13.2 Å². The van der Waals surface area contributed by atoms with E-state index in [0.717, 1.165) is 31.4 Å². The van der Waals surface area contributed by atoms with Crippen molar-refractivity contribution in [2.24, 2.45) is 29.6 Å². The first-order valence-electron chi connectivity index (χ1n) is 19.5. The normalized spacial score (nSPS) is 35.6. The number of halogens is 4. The van der Waals surface area contributed by atoms with Gasteiger partial charge in [0.2, 0.25) is 5.67 Å². The maximum atomic E-state index is 18.2. The molecule has 2 N–H and O–H groups in total. The molecular formula is C41H51F4N3O6. The summed E-state index contributed by atoms with van der Waals surface area (Å²) in [5.74, 6) is -1.99. The molecule has 4 aliphatic carbocycles. The van der Waals surface area contributed by atoms with E-state index in [9.17, 15) is 33.0 Å². The topological polar surface area (TPSA) is 103 Å². The quantitative estimate of drug-likeness (QED) is 0.303. The fourth-order valence-electron chi connectivity index (χ4n) is 11.8. The molecule has 54 heavy (non-hydrogen) atoms. The maximum Gasteiger partial charge on any atom is 0.416 e. The minimum atomic E-state index is -4.59. The van der Waals surface area contributed by atoms with Gasteiger partial charge < -0.3 is 29.5 Å². The number of carbonyl (C=O) groups excluding carboxylic acids is 1. The van der Waals surface area contributed by atoms with E-state index < -0.39 is 52.6 Å². The lowest BCUT2D eigenvalue weighted by Crippen LogP contribution is -2.61. The first-order valence-corrected chi connectivity index (χ1v) is 19.5. The number of aliphatic hydroxyl groups is 1. The smallest absolute Gasteiger partial charge is 0.416 e. The molecule has 7 aliphatic rings. The number of carbonyl (C=O) groups is 2. The van der Waals surface area contributed by atoms with Crippen molar-refractivity contribution in [2.45, 2.75) is 80.3 Å². The summed E-state index contributed by atoms with van der Waals surface area (Å²) in [6.45, 7) is 1.38. The second-order valence-electron chi connectivity index (χ2n) is 17.2. The number of aliphatic carboxylic acids is 1. The summed E-state index contributed by atoms with van der Waals surface area (Å²) in [4.78, 5) is 32.1. The van der Waals surface area contributed by atoms with E-state index in [4.69, 9.17) is 9.47 Å². The highest BCUT2D eigenvalue weighted by atomic mass is 19.4. The predicted octanol–water partition coefficient (Wildman–Crippen LogP) is 5.95. The zero-order valence-electron chi connectivity index (χ0n) is 30.9. The summed E-state index contributed by atoms with van der Waals surface area (Å²) in [5, 5.41) is 20.9. The SMILES string of the molecule is COC[C@H]1CN(C(=O)[C@]2(F)CN([C@@H]3[C@@H]4C[C@@H]5C[C@H]3C[C@@](O)(C5)C4)C[C@H]2c2ccc(OC)cc2)C[C@@H]1c1ccc(C(F)(F)F)cc1N1CCC(C(=O)O)CC1. The van der Waals surface area contributed by atoms with Crippen LogP contribution in [0.5, 0.6) is 5.75 Å². The Hall–Kier alpha value is -3.42. The molecule has 7 fully saturated rings. The molecule has 3 aliphatic heterocycles. The van der Waals surface area contributed by atoms with Gasteiger partial charge in [0.25, 0.3) is 5.91 Å². The predicted molar refractivity (Wildman–Crippen MR) is 192 cm³/mol. The van der Waals surface area contributed by atoms with Gasteiger partial charge in [-0.1, -0.05) is 18.2 Å². The monoisotopic (exact) mass is 757 g/mol. The lowest BCUT2D eigenvalue weighted by atomic mass is 9.52. The van der Waals surface area contributed by atoms with Crippen LogP contribution in [0.25, 0.3) is 0 Å².